The zero-order valence-corrected chi connectivity index (χ0v) is 13.3. The van der Waals surface area contributed by atoms with E-state index in [1.54, 1.807) is 14.0 Å². The Morgan fingerprint density at radius 1 is 1.19 bits per heavy atom. The average molecular weight is 328 g/mol. The van der Waals surface area contributed by atoms with Crippen molar-refractivity contribution >= 4 is 23.2 Å². The minimum absolute atomic E-state index is 0.0168. The fourth-order valence-electron chi connectivity index (χ4n) is 2.30. The second-order valence-corrected chi connectivity index (χ2v) is 5.97. The quantitative estimate of drug-likeness (QED) is 0.835. The normalized spacial score (nSPS) is 13.8. The third kappa shape index (κ3) is 3.49. The van der Waals surface area contributed by atoms with Gasteiger partial charge in [-0.15, -0.1) is 0 Å². The number of nitrogens with two attached hydrogens (primary N) is 1. The van der Waals surface area contributed by atoms with Crippen LogP contribution in [0.5, 0.6) is 5.75 Å². The molecule has 2 N–H and O–H groups in total. The number of hydrogen-bond donors (Lipinski definition) is 1. The van der Waals surface area contributed by atoms with Gasteiger partial charge < -0.3 is 10.5 Å². The molecule has 0 saturated carbocycles. The van der Waals surface area contributed by atoms with Gasteiger partial charge in [-0.1, -0.05) is 41.4 Å². The first-order chi connectivity index (χ1) is 9.85. The van der Waals surface area contributed by atoms with Gasteiger partial charge in [-0.3, -0.25) is 0 Å². The molecule has 0 spiro atoms. The first-order valence-corrected chi connectivity index (χ1v) is 7.16. The van der Waals surface area contributed by atoms with Gasteiger partial charge in [-0.2, -0.15) is 0 Å². The molecule has 112 valence electrons. The Morgan fingerprint density at radius 3 is 2.52 bits per heavy atom. The van der Waals surface area contributed by atoms with E-state index in [9.17, 15) is 4.39 Å². The van der Waals surface area contributed by atoms with E-state index in [0.29, 0.717) is 17.0 Å². The van der Waals surface area contributed by atoms with Gasteiger partial charge in [-0.05, 0) is 42.7 Å². The minimum Gasteiger partial charge on any atom is -0.496 e. The summed E-state index contributed by atoms with van der Waals surface area (Å²) in [6.45, 7) is 1.80. The van der Waals surface area contributed by atoms with E-state index in [0.717, 1.165) is 11.3 Å². The summed E-state index contributed by atoms with van der Waals surface area (Å²) < 4.78 is 19.0. The monoisotopic (exact) mass is 327 g/mol. The van der Waals surface area contributed by atoms with Crippen LogP contribution in [0.4, 0.5) is 4.39 Å². The van der Waals surface area contributed by atoms with E-state index in [2.05, 4.69) is 0 Å². The number of methoxy groups -OCH3 is 1. The van der Waals surface area contributed by atoms with Crippen molar-refractivity contribution in [3.63, 3.8) is 0 Å². The number of halogens is 3. The number of hydrogen-bond acceptors (Lipinski definition) is 2. The predicted octanol–water partition coefficient (Wildman–Crippen LogP) is 4.56. The van der Waals surface area contributed by atoms with Gasteiger partial charge in [0, 0.05) is 10.6 Å². The Kier molecular flexibility index (Phi) is 4.77. The number of para-hydroxylation sites is 1. The maximum Gasteiger partial charge on any atom is 0.142 e. The maximum atomic E-state index is 13.7. The highest BCUT2D eigenvalue weighted by atomic mass is 35.5. The summed E-state index contributed by atoms with van der Waals surface area (Å²) in [6, 6.07) is 10.2. The molecule has 0 heterocycles. The third-order valence-corrected chi connectivity index (χ3v) is 3.98. The van der Waals surface area contributed by atoms with E-state index >= 15 is 0 Å². The lowest BCUT2D eigenvalue weighted by molar-refractivity contribution is 0.399. The number of benzene rings is 2. The van der Waals surface area contributed by atoms with Crippen LogP contribution in [0.3, 0.4) is 0 Å². The summed E-state index contributed by atoms with van der Waals surface area (Å²) in [5.41, 5.74) is 6.95. The molecule has 0 aliphatic carbocycles. The summed E-state index contributed by atoms with van der Waals surface area (Å²) >= 11 is 11.9. The molecular formula is C16H16Cl2FNO. The molecule has 1 atom stereocenters. The lowest BCUT2D eigenvalue weighted by atomic mass is 9.86. The van der Waals surface area contributed by atoms with Gasteiger partial charge in [0.25, 0.3) is 0 Å². The molecule has 0 aliphatic heterocycles. The zero-order valence-electron chi connectivity index (χ0n) is 11.8. The smallest absolute Gasteiger partial charge is 0.142 e. The van der Waals surface area contributed by atoms with E-state index in [-0.39, 0.29) is 5.02 Å². The first kappa shape index (κ1) is 16.1. The number of ether oxygens (including phenoxy) is 1. The second-order valence-electron chi connectivity index (χ2n) is 5.15. The van der Waals surface area contributed by atoms with Gasteiger partial charge in [-0.25, -0.2) is 4.39 Å². The van der Waals surface area contributed by atoms with Crippen LogP contribution in [0.1, 0.15) is 18.1 Å². The highest BCUT2D eigenvalue weighted by Crippen LogP contribution is 2.34. The topological polar surface area (TPSA) is 35.2 Å². The van der Waals surface area contributed by atoms with E-state index in [1.165, 1.54) is 12.1 Å². The molecule has 0 saturated heterocycles. The largest absolute Gasteiger partial charge is 0.496 e. The van der Waals surface area contributed by atoms with Gasteiger partial charge in [0.15, 0.2) is 0 Å². The third-order valence-electron chi connectivity index (χ3n) is 3.38. The summed E-state index contributed by atoms with van der Waals surface area (Å²) in [5, 5.41) is 0.332. The fraction of sp³-hybridized carbons (Fsp3) is 0.250. The standard InChI is InChI=1S/C16H16Cl2FNO/c1-16(20,9-10-5-3-4-6-15(10)21-2)11-7-14(19)13(18)8-12(11)17/h3-8H,9,20H2,1-2H3. The minimum atomic E-state index is -0.850. The van der Waals surface area contributed by atoms with Gasteiger partial charge in [0.1, 0.15) is 11.6 Å². The second kappa shape index (κ2) is 6.22. The van der Waals surface area contributed by atoms with Crippen molar-refractivity contribution in [1.82, 2.24) is 0 Å². The average Bonchev–Trinajstić information content (AvgIpc) is 2.43. The SMILES string of the molecule is COc1ccccc1CC(C)(N)c1cc(F)c(Cl)cc1Cl. The molecule has 0 radical (unpaired) electrons. The Hall–Kier alpha value is -1.29. The van der Waals surface area contributed by atoms with Crippen molar-refractivity contribution < 1.29 is 9.13 Å². The lowest BCUT2D eigenvalue weighted by Crippen LogP contribution is -2.36. The summed E-state index contributed by atoms with van der Waals surface area (Å²) in [6.07, 6.45) is 0.456. The molecule has 0 fully saturated rings. The molecule has 0 bridgehead atoms. The number of rotatable bonds is 4. The first-order valence-electron chi connectivity index (χ1n) is 6.41. The van der Waals surface area contributed by atoms with Crippen molar-refractivity contribution in [2.75, 3.05) is 7.11 Å². The van der Waals surface area contributed by atoms with Crippen LogP contribution >= 0.6 is 23.2 Å². The Labute approximate surface area is 133 Å². The van der Waals surface area contributed by atoms with Gasteiger partial charge in [0.2, 0.25) is 0 Å². The summed E-state index contributed by atoms with van der Waals surface area (Å²) in [5.74, 6) is 0.201. The highest BCUT2D eigenvalue weighted by Gasteiger charge is 2.27. The van der Waals surface area contributed by atoms with Crippen molar-refractivity contribution in [1.29, 1.82) is 0 Å². The van der Waals surface area contributed by atoms with Crippen molar-refractivity contribution in [3.05, 3.63) is 63.4 Å². The van der Waals surface area contributed by atoms with Crippen LogP contribution in [0.2, 0.25) is 10.0 Å². The molecule has 2 rings (SSSR count). The molecule has 0 aromatic heterocycles. The highest BCUT2D eigenvalue weighted by molar-refractivity contribution is 6.35. The molecule has 0 aliphatic rings. The molecule has 21 heavy (non-hydrogen) atoms. The summed E-state index contributed by atoms with van der Waals surface area (Å²) in [4.78, 5) is 0. The van der Waals surface area contributed by atoms with Gasteiger partial charge >= 0.3 is 0 Å². The predicted molar refractivity (Wildman–Crippen MR) is 84.7 cm³/mol. The Balaban J connectivity index is 2.40. The van der Waals surface area contributed by atoms with Crippen molar-refractivity contribution in [2.24, 2.45) is 5.73 Å². The Morgan fingerprint density at radius 2 is 1.86 bits per heavy atom. The molecule has 0 amide bonds. The fourth-order valence-corrected chi connectivity index (χ4v) is 2.90. The van der Waals surface area contributed by atoms with E-state index in [1.807, 2.05) is 24.3 Å². The molecule has 5 heteroatoms. The maximum absolute atomic E-state index is 13.7. The van der Waals surface area contributed by atoms with Gasteiger partial charge in [0.05, 0.1) is 12.1 Å². The van der Waals surface area contributed by atoms with Crippen LogP contribution in [0, 0.1) is 5.82 Å². The van der Waals surface area contributed by atoms with Crippen molar-refractivity contribution in [3.8, 4) is 5.75 Å². The molecule has 1 unspecified atom stereocenters. The van der Waals surface area contributed by atoms with Crippen LogP contribution in [0.25, 0.3) is 0 Å². The van der Waals surface area contributed by atoms with E-state index < -0.39 is 11.4 Å². The zero-order chi connectivity index (χ0) is 15.6. The van der Waals surface area contributed by atoms with Crippen LogP contribution in [-0.4, -0.2) is 7.11 Å². The molecule has 2 nitrogen and oxygen atoms in total. The van der Waals surface area contributed by atoms with Crippen LogP contribution in [0.15, 0.2) is 36.4 Å². The van der Waals surface area contributed by atoms with Crippen LogP contribution < -0.4 is 10.5 Å². The molecular weight excluding hydrogens is 312 g/mol. The van der Waals surface area contributed by atoms with E-state index in [4.69, 9.17) is 33.7 Å². The lowest BCUT2D eigenvalue weighted by Gasteiger charge is -2.27. The summed E-state index contributed by atoms with van der Waals surface area (Å²) in [7, 11) is 1.60. The van der Waals surface area contributed by atoms with Crippen molar-refractivity contribution in [2.45, 2.75) is 18.9 Å². The molecule has 2 aromatic carbocycles. The molecule has 2 aromatic rings. The van der Waals surface area contributed by atoms with Crippen LogP contribution in [-0.2, 0) is 12.0 Å². The Bertz CT molecular complexity index is 659.